The molecule has 2 atom stereocenters. The van der Waals surface area contributed by atoms with E-state index in [0.29, 0.717) is 12.4 Å². The maximum Gasteiger partial charge on any atom is 0.206 e. The molecule has 0 aromatic heterocycles. The highest BCUT2D eigenvalue weighted by molar-refractivity contribution is 7.91. The lowest BCUT2D eigenvalue weighted by Gasteiger charge is -2.50. The summed E-state index contributed by atoms with van der Waals surface area (Å²) in [5.74, 6) is 0.223. The van der Waals surface area contributed by atoms with E-state index in [2.05, 4.69) is 0 Å². The Morgan fingerprint density at radius 2 is 1.88 bits per heavy atom. The minimum atomic E-state index is -3.78. The normalized spacial score (nSPS) is 24.3. The molecule has 24 heavy (non-hydrogen) atoms. The SMILES string of the molecule is CC1(C)Oc2ccc(S(=O)(=O)c3cccc(F)c3)cc2[C@@H]2CO[C@@H]21. The van der Waals surface area contributed by atoms with Crippen LogP contribution in [0.1, 0.15) is 25.3 Å². The smallest absolute Gasteiger partial charge is 0.206 e. The van der Waals surface area contributed by atoms with Gasteiger partial charge in [0.1, 0.15) is 23.3 Å². The van der Waals surface area contributed by atoms with Crippen LogP contribution in [0, 0.1) is 5.82 Å². The van der Waals surface area contributed by atoms with Crippen molar-refractivity contribution in [1.29, 1.82) is 0 Å². The molecule has 0 amide bonds. The fraction of sp³-hybridized carbons (Fsp3) is 0.333. The largest absolute Gasteiger partial charge is 0.485 e. The number of fused-ring (bicyclic) bond motifs is 3. The lowest BCUT2D eigenvalue weighted by molar-refractivity contribution is -0.176. The summed E-state index contributed by atoms with van der Waals surface area (Å²) in [7, 11) is -3.78. The van der Waals surface area contributed by atoms with Gasteiger partial charge >= 0.3 is 0 Å². The number of rotatable bonds is 2. The van der Waals surface area contributed by atoms with Gasteiger partial charge in [0.15, 0.2) is 0 Å². The van der Waals surface area contributed by atoms with Crippen molar-refractivity contribution in [2.75, 3.05) is 6.61 Å². The van der Waals surface area contributed by atoms with Crippen LogP contribution in [0.4, 0.5) is 4.39 Å². The zero-order valence-electron chi connectivity index (χ0n) is 13.3. The lowest BCUT2D eigenvalue weighted by atomic mass is 9.78. The fourth-order valence-electron chi connectivity index (χ4n) is 3.41. The van der Waals surface area contributed by atoms with Crippen molar-refractivity contribution in [3.8, 4) is 5.75 Å². The van der Waals surface area contributed by atoms with Crippen LogP contribution in [-0.4, -0.2) is 26.7 Å². The Labute approximate surface area is 140 Å². The first-order valence-electron chi connectivity index (χ1n) is 7.74. The third-order valence-corrected chi connectivity index (χ3v) is 6.43. The summed E-state index contributed by atoms with van der Waals surface area (Å²) < 4.78 is 50.5. The molecule has 1 fully saturated rings. The van der Waals surface area contributed by atoms with Gasteiger partial charge in [0.2, 0.25) is 9.84 Å². The molecule has 6 heteroatoms. The Morgan fingerprint density at radius 3 is 2.54 bits per heavy atom. The summed E-state index contributed by atoms with van der Waals surface area (Å²) in [5, 5.41) is 0. The van der Waals surface area contributed by atoms with Crippen molar-refractivity contribution in [2.45, 2.75) is 41.3 Å². The van der Waals surface area contributed by atoms with Crippen LogP contribution in [0.5, 0.6) is 5.75 Å². The summed E-state index contributed by atoms with van der Waals surface area (Å²) in [5.41, 5.74) is 0.391. The summed E-state index contributed by atoms with van der Waals surface area (Å²) in [6.07, 6.45) is -0.0860. The third-order valence-electron chi connectivity index (χ3n) is 4.68. The average molecular weight is 348 g/mol. The van der Waals surface area contributed by atoms with Gasteiger partial charge in [-0.25, -0.2) is 12.8 Å². The van der Waals surface area contributed by atoms with E-state index in [4.69, 9.17) is 9.47 Å². The van der Waals surface area contributed by atoms with Crippen LogP contribution in [-0.2, 0) is 14.6 Å². The zero-order chi connectivity index (χ0) is 17.1. The summed E-state index contributed by atoms with van der Waals surface area (Å²) in [4.78, 5) is 0.0849. The second-order valence-corrected chi connectivity index (χ2v) is 8.68. The lowest BCUT2D eigenvalue weighted by Crippen LogP contribution is -2.57. The molecular weight excluding hydrogens is 331 g/mol. The highest BCUT2D eigenvalue weighted by Gasteiger charge is 2.50. The Bertz CT molecular complexity index is 920. The van der Waals surface area contributed by atoms with Gasteiger partial charge in [0.05, 0.1) is 16.4 Å². The van der Waals surface area contributed by atoms with Gasteiger partial charge in [0.25, 0.3) is 0 Å². The van der Waals surface area contributed by atoms with E-state index in [1.807, 2.05) is 13.8 Å². The Kier molecular flexibility index (Phi) is 3.27. The van der Waals surface area contributed by atoms with Gasteiger partial charge in [-0.3, -0.25) is 0 Å². The second-order valence-electron chi connectivity index (χ2n) is 6.73. The van der Waals surface area contributed by atoms with Crippen molar-refractivity contribution in [1.82, 2.24) is 0 Å². The third kappa shape index (κ3) is 2.24. The summed E-state index contributed by atoms with van der Waals surface area (Å²) in [6.45, 7) is 4.47. The second kappa shape index (κ2) is 5.04. The predicted molar refractivity (Wildman–Crippen MR) is 85.5 cm³/mol. The summed E-state index contributed by atoms with van der Waals surface area (Å²) in [6, 6.07) is 9.86. The van der Waals surface area contributed by atoms with Crippen LogP contribution < -0.4 is 4.74 Å². The van der Waals surface area contributed by atoms with Crippen LogP contribution in [0.25, 0.3) is 0 Å². The molecule has 0 radical (unpaired) electrons. The van der Waals surface area contributed by atoms with E-state index in [0.717, 1.165) is 11.6 Å². The predicted octanol–water partition coefficient (Wildman–Crippen LogP) is 3.31. The van der Waals surface area contributed by atoms with Gasteiger partial charge in [0, 0.05) is 11.5 Å². The van der Waals surface area contributed by atoms with Crippen LogP contribution >= 0.6 is 0 Å². The Balaban J connectivity index is 1.80. The maximum atomic E-state index is 13.4. The van der Waals surface area contributed by atoms with E-state index in [9.17, 15) is 12.8 Å². The van der Waals surface area contributed by atoms with E-state index in [1.165, 1.54) is 24.3 Å². The molecule has 0 aliphatic carbocycles. The van der Waals surface area contributed by atoms with Crippen molar-refractivity contribution >= 4 is 9.84 Å². The van der Waals surface area contributed by atoms with Gasteiger partial charge in [-0.05, 0) is 50.2 Å². The van der Waals surface area contributed by atoms with E-state index in [-0.39, 0.29) is 21.8 Å². The van der Waals surface area contributed by atoms with E-state index < -0.39 is 21.3 Å². The van der Waals surface area contributed by atoms with Gasteiger partial charge in [-0.2, -0.15) is 0 Å². The molecule has 126 valence electrons. The zero-order valence-corrected chi connectivity index (χ0v) is 14.1. The number of ether oxygens (including phenoxy) is 2. The van der Waals surface area contributed by atoms with Crippen molar-refractivity contribution in [3.63, 3.8) is 0 Å². The molecule has 0 N–H and O–H groups in total. The maximum absolute atomic E-state index is 13.4. The Hall–Kier alpha value is -1.92. The van der Waals surface area contributed by atoms with Gasteiger partial charge in [-0.15, -0.1) is 0 Å². The summed E-state index contributed by atoms with van der Waals surface area (Å²) >= 11 is 0. The topological polar surface area (TPSA) is 52.6 Å². The van der Waals surface area contributed by atoms with Crippen LogP contribution in [0.2, 0.25) is 0 Å². The molecule has 0 bridgehead atoms. The quantitative estimate of drug-likeness (QED) is 0.835. The van der Waals surface area contributed by atoms with Crippen molar-refractivity contribution in [2.24, 2.45) is 0 Å². The van der Waals surface area contributed by atoms with Crippen molar-refractivity contribution < 1.29 is 22.3 Å². The van der Waals surface area contributed by atoms with Gasteiger partial charge in [-0.1, -0.05) is 6.07 Å². The van der Waals surface area contributed by atoms with E-state index in [1.54, 1.807) is 12.1 Å². The molecule has 0 saturated carbocycles. The highest BCUT2D eigenvalue weighted by atomic mass is 32.2. The minimum absolute atomic E-state index is 0.0547. The molecule has 0 unspecified atom stereocenters. The molecule has 2 heterocycles. The number of benzene rings is 2. The Morgan fingerprint density at radius 1 is 1.12 bits per heavy atom. The molecular formula is C18H17FO4S. The fourth-order valence-corrected chi connectivity index (χ4v) is 4.74. The van der Waals surface area contributed by atoms with Crippen molar-refractivity contribution in [3.05, 3.63) is 53.8 Å². The van der Waals surface area contributed by atoms with Crippen LogP contribution in [0.15, 0.2) is 52.3 Å². The number of sulfone groups is 1. The molecule has 1 saturated heterocycles. The molecule has 2 aromatic rings. The number of hydrogen-bond donors (Lipinski definition) is 0. The molecule has 2 aliphatic heterocycles. The molecule has 2 aromatic carbocycles. The van der Waals surface area contributed by atoms with E-state index >= 15 is 0 Å². The highest BCUT2D eigenvalue weighted by Crippen LogP contribution is 2.48. The molecule has 4 nitrogen and oxygen atoms in total. The number of halogens is 1. The number of hydrogen-bond acceptors (Lipinski definition) is 4. The first-order chi connectivity index (χ1) is 11.3. The molecule has 4 rings (SSSR count). The molecule has 0 spiro atoms. The van der Waals surface area contributed by atoms with Crippen LogP contribution in [0.3, 0.4) is 0 Å². The van der Waals surface area contributed by atoms with Gasteiger partial charge < -0.3 is 9.47 Å². The average Bonchev–Trinajstić information content (AvgIpc) is 2.46. The minimum Gasteiger partial charge on any atom is -0.485 e. The standard InChI is InChI=1S/C18H17FO4S/c1-18(2)17-15(10-22-17)14-9-13(6-7-16(14)23-18)24(20,21)12-5-3-4-11(19)8-12/h3-9,15,17H,10H2,1-2H3/t15-,17-/m0/s1. The monoisotopic (exact) mass is 348 g/mol. The molecule has 2 aliphatic rings. The first kappa shape index (κ1) is 15.6. The first-order valence-corrected chi connectivity index (χ1v) is 9.22.